The maximum Gasteiger partial charge on any atom is 0.452 e. The molecule has 0 radical (unpaired) electrons. The molecular weight excluding hydrogens is 537 g/mol. The summed E-state index contributed by atoms with van der Waals surface area (Å²) in [6, 6.07) is 15.9. The van der Waals surface area contributed by atoms with Crippen molar-refractivity contribution in [3.63, 3.8) is 0 Å². The minimum Gasteiger partial charge on any atom is -0.399 e. The molecule has 2 amide bonds. The lowest BCUT2D eigenvalue weighted by atomic mass is 9.99. The Kier molecular flexibility index (Phi) is 10.1. The molecule has 0 saturated heterocycles. The van der Waals surface area contributed by atoms with Gasteiger partial charge < -0.3 is 11.1 Å². The number of carbonyl (C=O) groups excluding carboxylic acids is 3. The lowest BCUT2D eigenvalue weighted by Gasteiger charge is -2.24. The average molecular weight is 565 g/mol. The fourth-order valence-corrected chi connectivity index (χ4v) is 3.94. The lowest BCUT2D eigenvalue weighted by Crippen LogP contribution is -2.51. The van der Waals surface area contributed by atoms with Crippen molar-refractivity contribution in [3.05, 3.63) is 77.1 Å². The van der Waals surface area contributed by atoms with Gasteiger partial charge in [0.05, 0.1) is 11.7 Å². The van der Waals surface area contributed by atoms with Crippen LogP contribution in [-0.2, 0) is 20.9 Å². The van der Waals surface area contributed by atoms with E-state index in [-0.39, 0.29) is 18.1 Å². The fourth-order valence-electron chi connectivity index (χ4n) is 3.94. The maximum absolute atomic E-state index is 13.7. The topological polar surface area (TPSA) is 114 Å². The number of alkyl halides is 3. The van der Waals surface area contributed by atoms with E-state index < -0.39 is 47.8 Å². The summed E-state index contributed by atoms with van der Waals surface area (Å²) >= 11 is 0. The van der Waals surface area contributed by atoms with Crippen LogP contribution in [0.1, 0.15) is 20.8 Å². The minimum absolute atomic E-state index is 0. The van der Waals surface area contributed by atoms with E-state index in [4.69, 9.17) is 5.73 Å². The van der Waals surface area contributed by atoms with Crippen molar-refractivity contribution in [2.45, 2.75) is 39.5 Å². The molecule has 0 fully saturated rings. The van der Waals surface area contributed by atoms with Crippen LogP contribution in [0.4, 0.5) is 30.2 Å². The maximum atomic E-state index is 13.7. The van der Waals surface area contributed by atoms with Gasteiger partial charge in [0, 0.05) is 18.3 Å². The van der Waals surface area contributed by atoms with Crippen LogP contribution in [0.3, 0.4) is 0 Å². The van der Waals surface area contributed by atoms with Crippen LogP contribution in [0, 0.1) is 5.92 Å². The number of amides is 2. The number of benzene rings is 2. The number of nitrogen functional groups attached to an aromatic ring is 1. The SMILES string of the molecule is CC(=O)N(c1ccc(N)cc1)c1ccc(-c2ccccc2)n(CC(=O)NC(C(=O)C(F)(F)F)C(C)C)c1=O.Cl. The van der Waals surface area contributed by atoms with E-state index in [2.05, 4.69) is 5.32 Å². The largest absolute Gasteiger partial charge is 0.452 e. The van der Waals surface area contributed by atoms with E-state index in [0.717, 1.165) is 9.47 Å². The van der Waals surface area contributed by atoms with Gasteiger partial charge in [-0.1, -0.05) is 44.2 Å². The first-order chi connectivity index (χ1) is 17.8. The molecule has 12 heteroatoms. The predicted molar refractivity (Wildman–Crippen MR) is 145 cm³/mol. The molecule has 1 unspecified atom stereocenters. The van der Waals surface area contributed by atoms with E-state index in [1.54, 1.807) is 54.6 Å². The predicted octanol–water partition coefficient (Wildman–Crippen LogP) is 4.48. The number of halogens is 4. The zero-order valence-corrected chi connectivity index (χ0v) is 22.2. The first-order valence-electron chi connectivity index (χ1n) is 11.7. The summed E-state index contributed by atoms with van der Waals surface area (Å²) in [7, 11) is 0. The van der Waals surface area contributed by atoms with E-state index in [1.165, 1.54) is 32.9 Å². The minimum atomic E-state index is -5.14. The van der Waals surface area contributed by atoms with Crippen molar-refractivity contribution in [2.24, 2.45) is 5.92 Å². The van der Waals surface area contributed by atoms with Gasteiger partial charge in [-0.25, -0.2) is 0 Å². The van der Waals surface area contributed by atoms with Crippen LogP contribution in [0.25, 0.3) is 11.3 Å². The van der Waals surface area contributed by atoms with Gasteiger partial charge in [-0.05, 0) is 47.9 Å². The lowest BCUT2D eigenvalue weighted by molar-refractivity contribution is -0.174. The summed E-state index contributed by atoms with van der Waals surface area (Å²) in [5.74, 6) is -4.41. The van der Waals surface area contributed by atoms with Crippen LogP contribution in [0.5, 0.6) is 0 Å². The molecular formula is C27H28ClF3N4O4. The highest BCUT2D eigenvalue weighted by molar-refractivity contribution is 5.99. The molecule has 0 aliphatic heterocycles. The van der Waals surface area contributed by atoms with Crippen LogP contribution < -0.4 is 21.5 Å². The Balaban J connectivity index is 0.00000533. The van der Waals surface area contributed by atoms with Gasteiger partial charge in [-0.3, -0.25) is 28.6 Å². The number of carbonyl (C=O) groups is 3. The second kappa shape index (κ2) is 12.6. The first kappa shape index (κ1) is 31.1. The summed E-state index contributed by atoms with van der Waals surface area (Å²) in [6.07, 6.45) is -5.14. The molecule has 0 aliphatic rings. The Morgan fingerprint density at radius 1 is 0.974 bits per heavy atom. The number of nitrogens with one attached hydrogen (secondary N) is 1. The van der Waals surface area contributed by atoms with E-state index in [0.29, 0.717) is 22.6 Å². The van der Waals surface area contributed by atoms with Crippen LogP contribution in [0.15, 0.2) is 71.5 Å². The standard InChI is InChI=1S/C27H27F3N4O4.ClH/c1-16(2)24(25(37)27(28,29)30)32-23(36)15-33-21(18-7-5-4-6-8-18)13-14-22(26(33)38)34(17(3)35)20-11-9-19(31)10-12-20;/h4-14,16,24H,15,31H2,1-3H3,(H,32,36);1H. The number of aromatic nitrogens is 1. The Hall–Kier alpha value is -4.12. The summed E-state index contributed by atoms with van der Waals surface area (Å²) in [5.41, 5.74) is 6.55. The fraction of sp³-hybridized carbons (Fsp3) is 0.259. The monoisotopic (exact) mass is 564 g/mol. The third-order valence-corrected chi connectivity index (χ3v) is 5.78. The van der Waals surface area contributed by atoms with E-state index in [1.807, 2.05) is 0 Å². The van der Waals surface area contributed by atoms with Gasteiger partial charge in [0.25, 0.3) is 11.3 Å². The molecule has 3 aromatic rings. The number of pyridine rings is 1. The highest BCUT2D eigenvalue weighted by atomic mass is 35.5. The molecule has 8 nitrogen and oxygen atoms in total. The van der Waals surface area contributed by atoms with Crippen molar-refractivity contribution in [2.75, 3.05) is 10.6 Å². The van der Waals surface area contributed by atoms with Crippen molar-refractivity contribution < 1.29 is 27.6 Å². The second-order valence-corrected chi connectivity index (χ2v) is 8.96. The third kappa shape index (κ3) is 7.26. The number of Topliss-reactive ketones (excluding diaryl/α,β-unsaturated/α-hetero) is 1. The molecule has 0 spiro atoms. The first-order valence-corrected chi connectivity index (χ1v) is 11.7. The number of nitrogens with zero attached hydrogens (tertiary/aromatic N) is 2. The molecule has 1 heterocycles. The molecule has 3 rings (SSSR count). The third-order valence-electron chi connectivity index (χ3n) is 5.78. The Morgan fingerprint density at radius 2 is 1.56 bits per heavy atom. The Labute approximate surface area is 229 Å². The number of anilines is 3. The summed E-state index contributed by atoms with van der Waals surface area (Å²) in [6.45, 7) is 3.30. The highest BCUT2D eigenvalue weighted by Gasteiger charge is 2.45. The number of hydrogen-bond donors (Lipinski definition) is 2. The Morgan fingerprint density at radius 3 is 2.08 bits per heavy atom. The Bertz CT molecular complexity index is 1390. The van der Waals surface area contributed by atoms with Crippen molar-refractivity contribution in [1.29, 1.82) is 0 Å². The molecule has 1 aromatic heterocycles. The molecule has 2 aromatic carbocycles. The van der Waals surface area contributed by atoms with Crippen LogP contribution >= 0.6 is 12.4 Å². The van der Waals surface area contributed by atoms with Crippen LogP contribution in [0.2, 0.25) is 0 Å². The number of nitrogens with two attached hydrogens (primary N) is 1. The number of rotatable bonds is 8. The summed E-state index contributed by atoms with van der Waals surface area (Å²) in [5, 5.41) is 2.12. The number of hydrogen-bond acceptors (Lipinski definition) is 5. The normalized spacial score (nSPS) is 11.9. The quantitative estimate of drug-likeness (QED) is 0.392. The van der Waals surface area contributed by atoms with Gasteiger partial charge >= 0.3 is 6.18 Å². The van der Waals surface area contributed by atoms with Crippen molar-refractivity contribution in [1.82, 2.24) is 9.88 Å². The van der Waals surface area contributed by atoms with Gasteiger partial charge in [0.1, 0.15) is 12.2 Å². The molecule has 3 N–H and O–H groups in total. The molecule has 208 valence electrons. The molecule has 0 saturated carbocycles. The average Bonchev–Trinajstić information content (AvgIpc) is 2.85. The number of ketones is 1. The van der Waals surface area contributed by atoms with Gasteiger partial charge in [-0.15, -0.1) is 12.4 Å². The summed E-state index contributed by atoms with van der Waals surface area (Å²) in [4.78, 5) is 52.3. The van der Waals surface area contributed by atoms with Crippen molar-refractivity contribution in [3.8, 4) is 11.3 Å². The molecule has 39 heavy (non-hydrogen) atoms. The molecule has 0 aliphatic carbocycles. The second-order valence-electron chi connectivity index (χ2n) is 8.96. The highest BCUT2D eigenvalue weighted by Crippen LogP contribution is 2.27. The van der Waals surface area contributed by atoms with Gasteiger partial charge in [0.15, 0.2) is 0 Å². The van der Waals surface area contributed by atoms with Gasteiger partial charge in [-0.2, -0.15) is 13.2 Å². The molecule has 0 bridgehead atoms. The smallest absolute Gasteiger partial charge is 0.399 e. The zero-order valence-electron chi connectivity index (χ0n) is 21.4. The van der Waals surface area contributed by atoms with Gasteiger partial charge in [0.2, 0.25) is 11.8 Å². The van der Waals surface area contributed by atoms with E-state index in [9.17, 15) is 32.3 Å². The van der Waals surface area contributed by atoms with Crippen molar-refractivity contribution >= 4 is 47.1 Å². The van der Waals surface area contributed by atoms with Crippen LogP contribution in [-0.4, -0.2) is 34.4 Å². The van der Waals surface area contributed by atoms with E-state index >= 15 is 0 Å². The zero-order chi connectivity index (χ0) is 28.2. The summed E-state index contributed by atoms with van der Waals surface area (Å²) < 4.78 is 40.3. The molecule has 1 atom stereocenters.